The molecule has 21 N–H and O–H groups in total. The molecule has 21 aliphatic rings. The van der Waals surface area contributed by atoms with Crippen LogP contribution in [0, 0.1) is 0 Å². The Morgan fingerprint density at radius 2 is 0.362 bits per heavy atom. The van der Waals surface area contributed by atoms with Gasteiger partial charge in [0.2, 0.25) is 0 Å². The second-order valence-electron chi connectivity index (χ2n) is 25.8. The lowest BCUT2D eigenvalue weighted by Crippen LogP contribution is -2.68. The highest BCUT2D eigenvalue weighted by Crippen LogP contribution is 2.40. The minimum atomic E-state index is -4.57. The number of rotatable bonds is 27. The molecule has 35 atom stereocenters. The van der Waals surface area contributed by atoms with Crippen molar-refractivity contribution in [1.29, 1.82) is 0 Å². The van der Waals surface area contributed by atoms with E-state index in [0.29, 0.717) is 0 Å². The number of ether oxygens (including phenoxy) is 18. The number of hydrogen-bond donors (Lipinski definition) is 21. The highest BCUT2D eigenvalue weighted by Gasteiger charge is 2.60. The normalized spacial score (nSPS) is 44.4. The van der Waals surface area contributed by atoms with Gasteiger partial charge in [0, 0.05) is 26.4 Å². The Morgan fingerprint density at radius 3 is 0.505 bits per heavy atom. The van der Waals surface area contributed by atoms with Gasteiger partial charge in [0.15, 0.2) is 44.0 Å². The lowest BCUT2D eigenvalue weighted by molar-refractivity contribution is -0.397. The molecule has 21 aliphatic heterocycles. The van der Waals surface area contributed by atoms with Gasteiger partial charge in [-0.25, -0.2) is 0 Å². The van der Waals surface area contributed by atoms with Gasteiger partial charge >= 0.3 is 0 Å². The van der Waals surface area contributed by atoms with Crippen LogP contribution in [0.4, 0.5) is 0 Å². The molecule has 0 aromatic heterocycles. The fourth-order valence-electron chi connectivity index (χ4n) is 12.5. The quantitative estimate of drug-likeness (QED) is 0.0268. The molecule has 21 rings (SSSR count). The molecule has 616 valence electrons. The summed E-state index contributed by atoms with van der Waals surface area (Å²) < 4.78 is 235. The molecular formula is C54H94O47S4. The zero-order chi connectivity index (χ0) is 77.4. The standard InChI is InChI=1S/C54H94O47S4/c55-13-20-41-28(59)35(66)49(89-20)98-44-23(16-84-5-1-9-102(72,73)74)93-53(39(70)32(44)63)101-47-26(19-87-8-4-12-105(81,82)83)92-52(38(69)31(47)62)97-43-22(15-57)90-50(36(67)29(43)60)99-45-24(17-85-6-2-10-103(75,76)77)94-54(40(71)33(45)64)100-46-25(18-86-7-3-11-104(78,79)80)91-51(37(68)30(46)61)96-42-21(14-56)88-48(95-41)34(65)27(42)58/h20-71H,1-19H2,(H,72,73,74)(H,75,76,77)(H,78,79,80)(H,81,82,83)/t20-,21-,22+,23+,24+,25-,26+,27+,28-,29-,30-,31-,32-,33-,34+,35-,36-,37+,38-,39-,40-,41-,42-,43-,44-,45-,46-,47-,48-,49-,50-,51-,52-,53-,54-/m1/s1. The molecule has 0 aromatic carbocycles. The highest BCUT2D eigenvalue weighted by atomic mass is 32.2. The third-order valence-electron chi connectivity index (χ3n) is 18.0. The van der Waals surface area contributed by atoms with Crippen LogP contribution < -0.4 is 0 Å². The van der Waals surface area contributed by atoms with Gasteiger partial charge in [-0.15, -0.1) is 0 Å². The molecule has 105 heavy (non-hydrogen) atoms. The third kappa shape index (κ3) is 23.7. The van der Waals surface area contributed by atoms with Crippen molar-refractivity contribution in [3.63, 3.8) is 0 Å². The molecule has 0 aliphatic carbocycles. The molecule has 0 radical (unpaired) electrons. The summed E-state index contributed by atoms with van der Waals surface area (Å²) in [5, 5.41) is 197. The summed E-state index contributed by atoms with van der Waals surface area (Å²) in [7, 11) is -18.2. The van der Waals surface area contributed by atoms with Crippen LogP contribution in [-0.4, -0.2) is 449 Å². The maximum Gasteiger partial charge on any atom is 0.264 e. The van der Waals surface area contributed by atoms with Crippen LogP contribution in [0.2, 0.25) is 0 Å². The van der Waals surface area contributed by atoms with E-state index in [1.165, 1.54) is 0 Å². The Kier molecular flexibility index (Phi) is 32.9. The van der Waals surface area contributed by atoms with Gasteiger partial charge in [0.1, 0.15) is 171 Å². The predicted octanol–water partition coefficient (Wildman–Crippen LogP) is -14.0. The van der Waals surface area contributed by atoms with E-state index in [2.05, 4.69) is 0 Å². The van der Waals surface area contributed by atoms with Crippen LogP contribution in [0.3, 0.4) is 0 Å². The van der Waals surface area contributed by atoms with Gasteiger partial charge < -0.3 is 172 Å². The zero-order valence-electron chi connectivity index (χ0n) is 55.3. The predicted molar refractivity (Wildman–Crippen MR) is 327 cm³/mol. The van der Waals surface area contributed by atoms with Crippen LogP contribution in [0.5, 0.6) is 0 Å². The van der Waals surface area contributed by atoms with E-state index in [9.17, 15) is 139 Å². The van der Waals surface area contributed by atoms with Crippen molar-refractivity contribution in [2.24, 2.45) is 0 Å². The molecule has 0 unspecified atom stereocenters. The van der Waals surface area contributed by atoms with E-state index in [4.69, 9.17) is 85.3 Å². The largest absolute Gasteiger partial charge is 0.394 e. The highest BCUT2D eigenvalue weighted by molar-refractivity contribution is 7.86. The van der Waals surface area contributed by atoms with E-state index in [-0.39, 0.29) is 25.7 Å². The minimum Gasteiger partial charge on any atom is -0.394 e. The summed E-state index contributed by atoms with van der Waals surface area (Å²) >= 11 is 0. The fraction of sp³-hybridized carbons (Fsp3) is 1.00. The molecule has 0 amide bonds. The zero-order valence-corrected chi connectivity index (χ0v) is 58.5. The van der Waals surface area contributed by atoms with Crippen LogP contribution >= 0.6 is 0 Å². The Morgan fingerprint density at radius 1 is 0.219 bits per heavy atom. The molecular weight excluding hydrogens is 1530 g/mol. The molecule has 14 bridgehead atoms. The first-order valence-corrected chi connectivity index (χ1v) is 39.3. The average molecular weight is 1620 g/mol. The number of aliphatic hydroxyl groups excluding tert-OH is 17. The lowest BCUT2D eigenvalue weighted by Gasteiger charge is -2.50. The van der Waals surface area contributed by atoms with Gasteiger partial charge in [-0.05, 0) is 25.7 Å². The van der Waals surface area contributed by atoms with Gasteiger partial charge in [-0.2, -0.15) is 33.7 Å². The molecule has 21 saturated heterocycles. The van der Waals surface area contributed by atoms with Crippen LogP contribution in [-0.2, 0) is 126 Å². The van der Waals surface area contributed by atoms with Crippen molar-refractivity contribution in [2.75, 3.05) is 95.7 Å². The monoisotopic (exact) mass is 1620 g/mol. The van der Waals surface area contributed by atoms with E-state index in [0.717, 1.165) is 0 Å². The molecule has 51 heteroatoms. The van der Waals surface area contributed by atoms with Crippen molar-refractivity contribution in [3.05, 3.63) is 0 Å². The van der Waals surface area contributed by atoms with Gasteiger partial charge in [0.05, 0.1) is 69.3 Å². The second kappa shape index (κ2) is 38.8. The molecule has 0 saturated carbocycles. The average Bonchev–Trinajstić information content (AvgIpc) is 0.788. The summed E-state index contributed by atoms with van der Waals surface area (Å²) in [6.45, 7) is -8.77. The van der Waals surface area contributed by atoms with Gasteiger partial charge in [-0.1, -0.05) is 0 Å². The fourth-order valence-corrected chi connectivity index (χ4v) is 14.5. The smallest absolute Gasteiger partial charge is 0.264 e. The maximum atomic E-state index is 11.9. The minimum absolute atomic E-state index is 0.381. The Hall–Kier alpha value is -1.76. The Labute approximate surface area is 598 Å². The summed E-state index contributed by atoms with van der Waals surface area (Å²) in [5.41, 5.74) is 0. The number of aliphatic hydroxyl groups is 17. The van der Waals surface area contributed by atoms with Crippen molar-refractivity contribution in [1.82, 2.24) is 0 Å². The second-order valence-corrected chi connectivity index (χ2v) is 32.1. The summed E-state index contributed by atoms with van der Waals surface area (Å²) in [6.07, 6.45) is -77.4. The van der Waals surface area contributed by atoms with Gasteiger partial charge in [0.25, 0.3) is 40.5 Å². The van der Waals surface area contributed by atoms with E-state index in [1.807, 2.05) is 0 Å². The first kappa shape index (κ1) is 88.8. The Balaban J connectivity index is 1.15. The molecule has 47 nitrogen and oxygen atoms in total. The third-order valence-corrected chi connectivity index (χ3v) is 21.2. The van der Waals surface area contributed by atoms with Crippen molar-refractivity contribution < 1.29 is 224 Å². The molecule has 21 fully saturated rings. The first-order valence-electron chi connectivity index (χ1n) is 32.9. The van der Waals surface area contributed by atoms with E-state index < -0.39 is 351 Å². The van der Waals surface area contributed by atoms with Crippen LogP contribution in [0.1, 0.15) is 25.7 Å². The number of hydrogen-bond acceptors (Lipinski definition) is 43. The van der Waals surface area contributed by atoms with E-state index >= 15 is 0 Å². The lowest BCUT2D eigenvalue weighted by atomic mass is 9.95. The molecule has 21 heterocycles. The molecule has 0 aromatic rings. The van der Waals surface area contributed by atoms with Crippen LogP contribution in [0.15, 0.2) is 0 Å². The van der Waals surface area contributed by atoms with E-state index in [1.54, 1.807) is 0 Å². The summed E-state index contributed by atoms with van der Waals surface area (Å²) in [6, 6.07) is 0. The van der Waals surface area contributed by atoms with Crippen LogP contribution in [0.25, 0.3) is 0 Å². The summed E-state index contributed by atoms with van der Waals surface area (Å²) in [5.74, 6) is -3.37. The van der Waals surface area contributed by atoms with Crippen molar-refractivity contribution in [3.8, 4) is 0 Å². The van der Waals surface area contributed by atoms with Crippen molar-refractivity contribution >= 4 is 40.5 Å². The summed E-state index contributed by atoms with van der Waals surface area (Å²) in [4.78, 5) is 0. The maximum absolute atomic E-state index is 11.9. The van der Waals surface area contributed by atoms with Crippen molar-refractivity contribution in [2.45, 2.75) is 241 Å². The molecule has 0 spiro atoms. The topological polar surface area (TPSA) is 728 Å². The SMILES string of the molecule is O=S(=O)(O)CCCOC[C@@H]1O[C@@H]2O[C@H]3[C@H](O)[C@@H](O)[C@@H](O[C@H]4[C@H](O)[C@@H](O)[C@@H](O[C@H]5[C@H](O)[C@H](O)[C@@H](O[C@H]6[C@@H](O)[C@H](O)[C@@H](O[C@H]7[C@H](O)[C@@H](O)[C@@H](O[C@H]8[C@H](O)[C@@H](O)[C@@H](O[C@H]1[C@H](O)[C@H]2O)O[C@H]8COCCCS(=O)(=O)O)O[C@@H]7CO)O[C@@H]6CO)O[C@@H]5COCCCS(=O)(=O)O)O[C@H]4COCCCS(=O)(=O)O)O[C@H]3CO. The van der Waals surface area contributed by atoms with Gasteiger partial charge in [-0.3, -0.25) is 18.2 Å². The first-order chi connectivity index (χ1) is 49.2. The Bertz CT molecular complexity index is 3030.